The van der Waals surface area contributed by atoms with Gasteiger partial charge >= 0.3 is 0 Å². The Hall–Kier alpha value is -3.95. The van der Waals surface area contributed by atoms with E-state index in [9.17, 15) is 4.79 Å². The van der Waals surface area contributed by atoms with Crippen LogP contribution in [-0.4, -0.2) is 34.8 Å². The van der Waals surface area contributed by atoms with Gasteiger partial charge in [0.1, 0.15) is 5.82 Å². The molecule has 6 heteroatoms. The van der Waals surface area contributed by atoms with Crippen LogP contribution in [-0.2, 0) is 4.74 Å². The summed E-state index contributed by atoms with van der Waals surface area (Å²) in [5, 5.41) is 1.59. The van der Waals surface area contributed by atoms with Crippen molar-refractivity contribution in [1.29, 1.82) is 0 Å². The molecule has 0 bridgehead atoms. The first-order valence-corrected chi connectivity index (χ1v) is 11.4. The lowest BCUT2D eigenvalue weighted by Crippen LogP contribution is -2.45. The molecule has 5 rings (SSSR count). The van der Waals surface area contributed by atoms with E-state index >= 15 is 0 Å². The van der Waals surface area contributed by atoms with Gasteiger partial charge in [-0.2, -0.15) is 0 Å². The summed E-state index contributed by atoms with van der Waals surface area (Å²) in [5.74, 6) is 0.890. The van der Waals surface area contributed by atoms with Crippen LogP contribution >= 0.6 is 0 Å². The standard InChI is InChI=1S/C28H26N4O2/c1-18-15-32(23-12-13-26(30-14-23)31-16-19(2)34-20(3)17-31)28(33)25-7-5-6-24(27(18)25)21-8-10-22(29-4)11-9-21/h5-15,19-20H,16-17H2,1-3H3/t19-,20+. The average Bonchev–Trinajstić information content (AvgIpc) is 2.85. The van der Waals surface area contributed by atoms with E-state index in [2.05, 4.69) is 28.6 Å². The number of aromatic nitrogens is 2. The zero-order chi connectivity index (χ0) is 23.8. The molecule has 1 fully saturated rings. The van der Waals surface area contributed by atoms with E-state index in [1.54, 1.807) is 22.9 Å². The third-order valence-electron chi connectivity index (χ3n) is 6.29. The molecule has 0 amide bonds. The van der Waals surface area contributed by atoms with Crippen molar-refractivity contribution >= 4 is 22.3 Å². The molecule has 2 atom stereocenters. The maximum atomic E-state index is 13.5. The van der Waals surface area contributed by atoms with Gasteiger partial charge in [0.05, 0.1) is 30.7 Å². The van der Waals surface area contributed by atoms with Crippen molar-refractivity contribution in [1.82, 2.24) is 9.55 Å². The molecule has 4 aromatic rings. The predicted octanol–water partition coefficient (Wildman–Crippen LogP) is 5.53. The molecular formula is C28H26N4O2. The van der Waals surface area contributed by atoms with Crippen molar-refractivity contribution in [2.75, 3.05) is 18.0 Å². The number of anilines is 1. The van der Waals surface area contributed by atoms with Gasteiger partial charge in [0.2, 0.25) is 0 Å². The molecule has 0 radical (unpaired) electrons. The number of rotatable bonds is 3. The van der Waals surface area contributed by atoms with Crippen molar-refractivity contribution in [3.63, 3.8) is 0 Å². The van der Waals surface area contributed by atoms with Crippen LogP contribution in [0.25, 0.3) is 32.4 Å². The topological polar surface area (TPSA) is 51.7 Å². The maximum absolute atomic E-state index is 13.5. The fraction of sp³-hybridized carbons (Fsp3) is 0.250. The van der Waals surface area contributed by atoms with Crippen LogP contribution in [0.5, 0.6) is 0 Å². The summed E-state index contributed by atoms with van der Waals surface area (Å²) in [6.07, 6.45) is 3.96. The minimum atomic E-state index is -0.0802. The lowest BCUT2D eigenvalue weighted by atomic mass is 9.96. The van der Waals surface area contributed by atoms with E-state index in [0.29, 0.717) is 11.1 Å². The third kappa shape index (κ3) is 3.95. The second-order valence-corrected chi connectivity index (χ2v) is 8.91. The van der Waals surface area contributed by atoms with Crippen LogP contribution in [0.3, 0.4) is 0 Å². The number of hydrogen-bond acceptors (Lipinski definition) is 4. The lowest BCUT2D eigenvalue weighted by Gasteiger charge is -2.36. The molecule has 2 aromatic carbocycles. The van der Waals surface area contributed by atoms with Crippen LogP contribution in [0.15, 0.2) is 71.8 Å². The smallest absolute Gasteiger partial charge is 0.263 e. The van der Waals surface area contributed by atoms with E-state index in [1.165, 1.54) is 0 Å². The van der Waals surface area contributed by atoms with E-state index < -0.39 is 0 Å². The molecule has 0 aliphatic carbocycles. The Kier molecular flexibility index (Phi) is 5.64. The summed E-state index contributed by atoms with van der Waals surface area (Å²) < 4.78 is 7.50. The number of aryl methyl sites for hydroxylation is 1. The Morgan fingerprint density at radius 3 is 2.41 bits per heavy atom. The number of pyridine rings is 2. The predicted molar refractivity (Wildman–Crippen MR) is 136 cm³/mol. The Balaban J connectivity index is 1.55. The van der Waals surface area contributed by atoms with Crippen LogP contribution in [0, 0.1) is 13.5 Å². The molecule has 3 heterocycles. The fourth-order valence-electron chi connectivity index (χ4n) is 4.82. The summed E-state index contributed by atoms with van der Waals surface area (Å²) in [5.41, 5.74) is 4.22. The first-order chi connectivity index (χ1) is 16.4. The molecule has 0 unspecified atom stereocenters. The Morgan fingerprint density at radius 1 is 1.03 bits per heavy atom. The van der Waals surface area contributed by atoms with Gasteiger partial charge in [0.25, 0.3) is 5.56 Å². The molecular weight excluding hydrogens is 424 g/mol. The summed E-state index contributed by atoms with van der Waals surface area (Å²) in [6, 6.07) is 17.2. The summed E-state index contributed by atoms with van der Waals surface area (Å²) in [6.45, 7) is 14.9. The number of benzene rings is 2. The molecule has 2 aromatic heterocycles. The van der Waals surface area contributed by atoms with Crippen molar-refractivity contribution in [3.8, 4) is 16.8 Å². The van der Waals surface area contributed by atoms with Crippen molar-refractivity contribution in [3.05, 3.63) is 94.3 Å². The molecule has 6 nitrogen and oxygen atoms in total. The number of hydrogen-bond donors (Lipinski definition) is 0. The second kappa shape index (κ2) is 8.77. The molecule has 0 saturated carbocycles. The maximum Gasteiger partial charge on any atom is 0.263 e. The molecule has 1 aliphatic heterocycles. The number of nitrogens with zero attached hydrogens (tertiary/aromatic N) is 4. The largest absolute Gasteiger partial charge is 0.372 e. The number of ether oxygens (including phenoxy) is 1. The van der Waals surface area contributed by atoms with Crippen molar-refractivity contribution in [2.45, 2.75) is 33.0 Å². The Morgan fingerprint density at radius 2 is 1.76 bits per heavy atom. The first-order valence-electron chi connectivity index (χ1n) is 11.4. The van der Waals surface area contributed by atoms with E-state index in [0.717, 1.165) is 46.7 Å². The SMILES string of the molecule is [C-]#[N+]c1ccc(-c2cccc3c(=O)n(-c4ccc(N5C[C@@H](C)O[C@@H](C)C5)nc4)cc(C)c23)cc1. The van der Waals surface area contributed by atoms with Gasteiger partial charge in [-0.1, -0.05) is 36.4 Å². The van der Waals surface area contributed by atoms with E-state index in [-0.39, 0.29) is 17.8 Å². The van der Waals surface area contributed by atoms with E-state index in [4.69, 9.17) is 11.3 Å². The zero-order valence-electron chi connectivity index (χ0n) is 19.5. The van der Waals surface area contributed by atoms with Gasteiger partial charge < -0.3 is 9.64 Å². The molecule has 34 heavy (non-hydrogen) atoms. The Labute approximate surface area is 198 Å². The lowest BCUT2D eigenvalue weighted by molar-refractivity contribution is -0.00545. The summed E-state index contributed by atoms with van der Waals surface area (Å²) in [7, 11) is 0. The first kappa shape index (κ1) is 21.9. The van der Waals surface area contributed by atoms with Gasteiger partial charge in [-0.15, -0.1) is 0 Å². The minimum Gasteiger partial charge on any atom is -0.372 e. The second-order valence-electron chi connectivity index (χ2n) is 8.91. The molecule has 1 aliphatic rings. The molecule has 0 spiro atoms. The average molecular weight is 451 g/mol. The number of morpholine rings is 1. The normalized spacial score (nSPS) is 18.1. The highest BCUT2D eigenvalue weighted by molar-refractivity contribution is 5.98. The van der Waals surface area contributed by atoms with Gasteiger partial charge in [0.15, 0.2) is 5.69 Å². The van der Waals surface area contributed by atoms with Crippen LogP contribution in [0.2, 0.25) is 0 Å². The highest BCUT2D eigenvalue weighted by Gasteiger charge is 2.23. The van der Waals surface area contributed by atoms with Crippen LogP contribution in [0.4, 0.5) is 11.5 Å². The molecule has 170 valence electrons. The number of fused-ring (bicyclic) bond motifs is 1. The van der Waals surface area contributed by atoms with Crippen LogP contribution < -0.4 is 10.5 Å². The van der Waals surface area contributed by atoms with Gasteiger partial charge in [0, 0.05) is 24.7 Å². The highest BCUT2D eigenvalue weighted by Crippen LogP contribution is 2.31. The van der Waals surface area contributed by atoms with Crippen LogP contribution in [0.1, 0.15) is 19.4 Å². The molecule has 0 N–H and O–H groups in total. The van der Waals surface area contributed by atoms with Crippen molar-refractivity contribution < 1.29 is 4.74 Å². The van der Waals surface area contributed by atoms with E-state index in [1.807, 2.05) is 55.6 Å². The highest BCUT2D eigenvalue weighted by atomic mass is 16.5. The zero-order valence-corrected chi connectivity index (χ0v) is 19.5. The van der Waals surface area contributed by atoms with Gasteiger partial charge in [-0.25, -0.2) is 9.83 Å². The summed E-state index contributed by atoms with van der Waals surface area (Å²) >= 11 is 0. The Bertz CT molecular complexity index is 1440. The summed E-state index contributed by atoms with van der Waals surface area (Å²) in [4.78, 5) is 23.9. The molecule has 1 saturated heterocycles. The van der Waals surface area contributed by atoms with Gasteiger partial charge in [-0.3, -0.25) is 9.36 Å². The monoisotopic (exact) mass is 450 g/mol. The quantitative estimate of drug-likeness (QED) is 0.386. The van der Waals surface area contributed by atoms with Crippen molar-refractivity contribution in [2.24, 2.45) is 0 Å². The fourth-order valence-corrected chi connectivity index (χ4v) is 4.82. The van der Waals surface area contributed by atoms with Gasteiger partial charge in [-0.05, 0) is 61.0 Å². The minimum absolute atomic E-state index is 0.0802. The third-order valence-corrected chi connectivity index (χ3v) is 6.29.